The number of hydrogen-bond acceptors (Lipinski definition) is 3. The number of nitrogens with one attached hydrogen (secondary N) is 1. The molecule has 0 spiro atoms. The first kappa shape index (κ1) is 13.6. The van der Waals surface area contributed by atoms with E-state index in [1.807, 2.05) is 24.4 Å². The molecule has 1 saturated carbocycles. The van der Waals surface area contributed by atoms with Crippen molar-refractivity contribution >= 4 is 5.65 Å². The van der Waals surface area contributed by atoms with Crippen LogP contribution in [0.2, 0.25) is 0 Å². The Bertz CT molecular complexity index is 562. The molecule has 0 amide bonds. The molecule has 20 heavy (non-hydrogen) atoms. The second kappa shape index (κ2) is 5.92. The van der Waals surface area contributed by atoms with Crippen LogP contribution in [-0.4, -0.2) is 27.2 Å². The van der Waals surface area contributed by atoms with Crippen LogP contribution >= 0.6 is 0 Å². The topological polar surface area (TPSA) is 42.2 Å². The molecule has 0 bridgehead atoms. The Labute approximate surface area is 120 Å². The lowest BCUT2D eigenvalue weighted by atomic mass is 9.78. The third kappa shape index (κ3) is 2.70. The van der Waals surface area contributed by atoms with Gasteiger partial charge in [-0.15, -0.1) is 10.2 Å². The number of rotatable bonds is 4. The summed E-state index contributed by atoms with van der Waals surface area (Å²) in [6, 6.07) is 6.68. The molecule has 0 aliphatic heterocycles. The van der Waals surface area contributed by atoms with E-state index >= 15 is 0 Å². The first-order chi connectivity index (χ1) is 9.75. The van der Waals surface area contributed by atoms with Gasteiger partial charge in [0.25, 0.3) is 0 Å². The van der Waals surface area contributed by atoms with Crippen LogP contribution in [0.3, 0.4) is 0 Å². The predicted octanol–water partition coefficient (Wildman–Crippen LogP) is 2.69. The van der Waals surface area contributed by atoms with Crippen LogP contribution in [0.15, 0.2) is 24.4 Å². The van der Waals surface area contributed by atoms with Gasteiger partial charge in [-0.25, -0.2) is 0 Å². The van der Waals surface area contributed by atoms with Gasteiger partial charge >= 0.3 is 0 Å². The number of pyridine rings is 1. The van der Waals surface area contributed by atoms with Crippen molar-refractivity contribution in [1.29, 1.82) is 0 Å². The van der Waals surface area contributed by atoms with Crippen LogP contribution in [0.5, 0.6) is 0 Å². The molecule has 1 aliphatic rings. The zero-order valence-electron chi connectivity index (χ0n) is 12.4. The molecule has 2 heterocycles. The molecule has 0 radical (unpaired) electrons. The lowest BCUT2D eigenvalue weighted by molar-refractivity contribution is 0.207. The van der Waals surface area contributed by atoms with Crippen molar-refractivity contribution in [2.75, 3.05) is 6.54 Å². The molecule has 3 rings (SSSR count). The van der Waals surface area contributed by atoms with Crippen LogP contribution in [0, 0.1) is 11.8 Å². The van der Waals surface area contributed by atoms with E-state index in [1.165, 1.54) is 19.3 Å². The van der Waals surface area contributed by atoms with Crippen LogP contribution < -0.4 is 5.32 Å². The van der Waals surface area contributed by atoms with Crippen molar-refractivity contribution in [2.24, 2.45) is 11.8 Å². The maximum absolute atomic E-state index is 4.28. The fourth-order valence-corrected chi connectivity index (χ4v) is 3.30. The molecule has 2 aromatic rings. The zero-order chi connectivity index (χ0) is 13.9. The van der Waals surface area contributed by atoms with Crippen LogP contribution in [0.25, 0.3) is 5.65 Å². The molecular weight excluding hydrogens is 248 g/mol. The minimum absolute atomic E-state index is 0.665. The van der Waals surface area contributed by atoms with E-state index in [0.717, 1.165) is 36.3 Å². The summed E-state index contributed by atoms with van der Waals surface area (Å²) in [5, 5.41) is 12.2. The first-order valence-electron chi connectivity index (χ1n) is 7.77. The van der Waals surface area contributed by atoms with Gasteiger partial charge in [0.2, 0.25) is 0 Å². The monoisotopic (exact) mass is 272 g/mol. The minimum Gasteiger partial charge on any atom is -0.313 e. The average Bonchev–Trinajstić information content (AvgIpc) is 2.87. The Balaban J connectivity index is 1.57. The number of fused-ring (bicyclic) bond motifs is 1. The van der Waals surface area contributed by atoms with E-state index in [2.05, 4.69) is 33.8 Å². The van der Waals surface area contributed by atoms with Crippen LogP contribution in [0.4, 0.5) is 0 Å². The maximum Gasteiger partial charge on any atom is 0.160 e. The Morgan fingerprint density at radius 3 is 3.05 bits per heavy atom. The Hall–Kier alpha value is -1.42. The van der Waals surface area contributed by atoms with Gasteiger partial charge in [-0.3, -0.25) is 4.40 Å². The van der Waals surface area contributed by atoms with Gasteiger partial charge in [0.15, 0.2) is 5.65 Å². The number of hydrogen-bond donors (Lipinski definition) is 1. The molecule has 3 atom stereocenters. The molecule has 3 unspecified atom stereocenters. The van der Waals surface area contributed by atoms with Crippen LogP contribution in [0.1, 0.15) is 38.9 Å². The van der Waals surface area contributed by atoms with Crippen molar-refractivity contribution in [3.05, 3.63) is 30.2 Å². The van der Waals surface area contributed by atoms with Crippen molar-refractivity contribution in [3.8, 4) is 0 Å². The molecule has 0 aromatic carbocycles. The summed E-state index contributed by atoms with van der Waals surface area (Å²) in [5.41, 5.74) is 0.933. The van der Waals surface area contributed by atoms with Crippen molar-refractivity contribution in [3.63, 3.8) is 0 Å². The summed E-state index contributed by atoms with van der Waals surface area (Å²) < 4.78 is 2.08. The molecule has 108 valence electrons. The summed E-state index contributed by atoms with van der Waals surface area (Å²) in [6.07, 6.45) is 7.02. The Kier molecular flexibility index (Phi) is 4.01. The van der Waals surface area contributed by atoms with Gasteiger partial charge in [0.05, 0.1) is 0 Å². The molecule has 4 nitrogen and oxygen atoms in total. The highest BCUT2D eigenvalue weighted by Gasteiger charge is 2.26. The predicted molar refractivity (Wildman–Crippen MR) is 80.7 cm³/mol. The van der Waals surface area contributed by atoms with E-state index in [0.29, 0.717) is 6.04 Å². The molecule has 2 aromatic heterocycles. The fraction of sp³-hybridized carbons (Fsp3) is 0.625. The SMILES string of the molecule is CC1CCCC(NCCc2nnc3ccccn23)C1C. The first-order valence-corrected chi connectivity index (χ1v) is 7.77. The molecule has 1 fully saturated rings. The largest absolute Gasteiger partial charge is 0.313 e. The molecule has 1 N–H and O–H groups in total. The Morgan fingerprint density at radius 1 is 1.25 bits per heavy atom. The summed E-state index contributed by atoms with van der Waals surface area (Å²) in [7, 11) is 0. The normalized spacial score (nSPS) is 27.0. The lowest BCUT2D eigenvalue weighted by Gasteiger charge is -2.34. The Morgan fingerprint density at radius 2 is 2.15 bits per heavy atom. The van der Waals surface area contributed by atoms with Crippen molar-refractivity contribution in [2.45, 2.75) is 45.6 Å². The molecule has 1 aliphatic carbocycles. The fourth-order valence-electron chi connectivity index (χ4n) is 3.30. The highest BCUT2D eigenvalue weighted by molar-refractivity contribution is 5.36. The third-order valence-electron chi connectivity index (χ3n) is 4.85. The smallest absolute Gasteiger partial charge is 0.160 e. The van der Waals surface area contributed by atoms with Gasteiger partial charge in [0, 0.05) is 25.2 Å². The third-order valence-corrected chi connectivity index (χ3v) is 4.85. The summed E-state index contributed by atoms with van der Waals surface area (Å²) in [4.78, 5) is 0. The summed E-state index contributed by atoms with van der Waals surface area (Å²) in [6.45, 7) is 5.75. The van der Waals surface area contributed by atoms with Gasteiger partial charge in [0.1, 0.15) is 5.82 Å². The standard InChI is InChI=1S/C16H24N4/c1-12-6-5-7-14(13(12)2)17-10-9-16-19-18-15-8-3-4-11-20(15)16/h3-4,8,11-14,17H,5-7,9-10H2,1-2H3. The zero-order valence-corrected chi connectivity index (χ0v) is 12.4. The van der Waals surface area contributed by atoms with E-state index < -0.39 is 0 Å². The number of aromatic nitrogens is 3. The highest BCUT2D eigenvalue weighted by Crippen LogP contribution is 2.29. The summed E-state index contributed by atoms with van der Waals surface area (Å²) in [5.74, 6) is 2.67. The van der Waals surface area contributed by atoms with E-state index in [-0.39, 0.29) is 0 Å². The molecule has 4 heteroatoms. The van der Waals surface area contributed by atoms with E-state index in [1.54, 1.807) is 0 Å². The second-order valence-electron chi connectivity index (χ2n) is 6.12. The van der Waals surface area contributed by atoms with Gasteiger partial charge in [-0.1, -0.05) is 32.8 Å². The molecule has 0 saturated heterocycles. The van der Waals surface area contributed by atoms with Crippen molar-refractivity contribution < 1.29 is 0 Å². The van der Waals surface area contributed by atoms with Gasteiger partial charge in [-0.05, 0) is 30.4 Å². The van der Waals surface area contributed by atoms with Crippen molar-refractivity contribution in [1.82, 2.24) is 19.9 Å². The van der Waals surface area contributed by atoms with Gasteiger partial charge < -0.3 is 5.32 Å². The highest BCUT2D eigenvalue weighted by atomic mass is 15.2. The maximum atomic E-state index is 4.28. The second-order valence-corrected chi connectivity index (χ2v) is 6.12. The van der Waals surface area contributed by atoms with E-state index in [4.69, 9.17) is 0 Å². The molecular formula is C16H24N4. The quantitative estimate of drug-likeness (QED) is 0.930. The minimum atomic E-state index is 0.665. The number of nitrogens with zero attached hydrogens (tertiary/aromatic N) is 3. The lowest BCUT2D eigenvalue weighted by Crippen LogP contribution is -2.41. The summed E-state index contributed by atoms with van der Waals surface area (Å²) >= 11 is 0. The van der Waals surface area contributed by atoms with E-state index in [9.17, 15) is 0 Å². The van der Waals surface area contributed by atoms with Gasteiger partial charge in [-0.2, -0.15) is 0 Å². The average molecular weight is 272 g/mol. The van der Waals surface area contributed by atoms with Crippen LogP contribution in [-0.2, 0) is 6.42 Å².